The molecule has 0 radical (unpaired) electrons. The van der Waals surface area contributed by atoms with Gasteiger partial charge in [-0.05, 0) is 86.5 Å². The number of halogens is 3. The molecule has 188 valence electrons. The summed E-state index contributed by atoms with van der Waals surface area (Å²) in [5.74, 6) is -0.0307. The lowest BCUT2D eigenvalue weighted by Crippen LogP contribution is -2.51. The van der Waals surface area contributed by atoms with Gasteiger partial charge in [-0.2, -0.15) is 23.5 Å². The van der Waals surface area contributed by atoms with E-state index < -0.39 is 22.8 Å². The zero-order valence-electron chi connectivity index (χ0n) is 19.7. The van der Waals surface area contributed by atoms with Gasteiger partial charge in [0.1, 0.15) is 5.54 Å². The summed E-state index contributed by atoms with van der Waals surface area (Å²) in [6.07, 6.45) is 6.99. The number of carbonyl (C=O) groups excluding carboxylic acids is 1. The molecule has 2 aromatic heterocycles. The quantitative estimate of drug-likeness (QED) is 0.503. The average molecular weight is 497 g/mol. The number of nitriles is 1. The van der Waals surface area contributed by atoms with E-state index in [-0.39, 0.29) is 11.6 Å². The molecule has 0 bridgehead atoms. The SMILES string of the molecule is N#Cc1ccc(NC(=O)C2(n3cc(C4CCN(Cc5cc[nH]c5)CC4)cn3)CCC2)cc1C(F)(F)F. The van der Waals surface area contributed by atoms with Gasteiger partial charge < -0.3 is 10.3 Å². The second kappa shape index (κ2) is 9.47. The molecular formula is C26H27F3N6O. The van der Waals surface area contributed by atoms with Crippen LogP contribution in [0.5, 0.6) is 0 Å². The fourth-order valence-corrected chi connectivity index (χ4v) is 5.19. The number of hydrogen-bond donors (Lipinski definition) is 2. The Balaban J connectivity index is 1.27. The highest BCUT2D eigenvalue weighted by Gasteiger charge is 2.47. The summed E-state index contributed by atoms with van der Waals surface area (Å²) < 4.78 is 41.7. The number of piperidine rings is 1. The molecule has 1 saturated heterocycles. The molecule has 2 fully saturated rings. The molecule has 3 aromatic rings. The van der Waals surface area contributed by atoms with E-state index in [4.69, 9.17) is 5.26 Å². The molecule has 7 nitrogen and oxygen atoms in total. The average Bonchev–Trinajstić information content (AvgIpc) is 3.51. The largest absolute Gasteiger partial charge is 0.417 e. The maximum absolute atomic E-state index is 13.3. The van der Waals surface area contributed by atoms with E-state index in [0.29, 0.717) is 18.8 Å². The van der Waals surface area contributed by atoms with E-state index in [1.54, 1.807) is 10.8 Å². The number of aromatic nitrogens is 3. The van der Waals surface area contributed by atoms with Crippen LogP contribution in [0.2, 0.25) is 0 Å². The summed E-state index contributed by atoms with van der Waals surface area (Å²) >= 11 is 0. The molecule has 1 saturated carbocycles. The minimum atomic E-state index is -4.69. The lowest BCUT2D eigenvalue weighted by Gasteiger charge is -2.40. The number of carbonyl (C=O) groups is 1. The number of amides is 1. The van der Waals surface area contributed by atoms with Gasteiger partial charge in [0.05, 0.1) is 23.4 Å². The maximum Gasteiger partial charge on any atom is 0.417 e. The Morgan fingerprint density at radius 2 is 2.03 bits per heavy atom. The van der Waals surface area contributed by atoms with E-state index in [9.17, 15) is 18.0 Å². The first-order valence-corrected chi connectivity index (χ1v) is 12.1. The van der Waals surface area contributed by atoms with Gasteiger partial charge in [0, 0.05) is 30.8 Å². The van der Waals surface area contributed by atoms with Gasteiger partial charge in [0.15, 0.2) is 0 Å². The van der Waals surface area contributed by atoms with E-state index >= 15 is 0 Å². The third kappa shape index (κ3) is 4.63. The number of likely N-dealkylation sites (tertiary alicyclic amines) is 1. The first-order chi connectivity index (χ1) is 17.3. The monoisotopic (exact) mass is 496 g/mol. The van der Waals surface area contributed by atoms with Crippen molar-refractivity contribution in [3.63, 3.8) is 0 Å². The van der Waals surface area contributed by atoms with Crippen molar-refractivity contribution in [2.45, 2.75) is 56.3 Å². The van der Waals surface area contributed by atoms with Crippen LogP contribution in [0, 0.1) is 11.3 Å². The fraction of sp³-hybridized carbons (Fsp3) is 0.423. The van der Waals surface area contributed by atoms with Crippen molar-refractivity contribution in [1.82, 2.24) is 19.7 Å². The van der Waals surface area contributed by atoms with E-state index in [1.165, 1.54) is 11.6 Å². The number of anilines is 1. The first-order valence-electron chi connectivity index (χ1n) is 12.1. The second-order valence-corrected chi connectivity index (χ2v) is 9.70. The zero-order valence-corrected chi connectivity index (χ0v) is 19.7. The van der Waals surface area contributed by atoms with E-state index in [1.807, 2.05) is 24.8 Å². The summed E-state index contributed by atoms with van der Waals surface area (Å²) in [6.45, 7) is 2.88. The number of aromatic amines is 1. The molecule has 3 heterocycles. The molecule has 1 amide bonds. The number of hydrogen-bond acceptors (Lipinski definition) is 4. The molecule has 1 aromatic carbocycles. The highest BCUT2D eigenvalue weighted by atomic mass is 19.4. The van der Waals surface area contributed by atoms with Crippen LogP contribution in [-0.4, -0.2) is 38.7 Å². The third-order valence-electron chi connectivity index (χ3n) is 7.48. The Hall–Kier alpha value is -3.58. The van der Waals surface area contributed by atoms with Crippen LogP contribution >= 0.6 is 0 Å². The highest BCUT2D eigenvalue weighted by molar-refractivity contribution is 5.97. The van der Waals surface area contributed by atoms with Crippen LogP contribution in [-0.2, 0) is 23.1 Å². The Morgan fingerprint density at radius 3 is 2.64 bits per heavy atom. The first kappa shape index (κ1) is 24.1. The molecule has 0 spiro atoms. The molecule has 2 N–H and O–H groups in total. The molecule has 2 aliphatic rings. The van der Waals surface area contributed by atoms with Crippen molar-refractivity contribution in [3.8, 4) is 6.07 Å². The summed E-state index contributed by atoms with van der Waals surface area (Å²) in [4.78, 5) is 18.8. The van der Waals surface area contributed by atoms with Crippen molar-refractivity contribution in [1.29, 1.82) is 5.26 Å². The van der Waals surface area contributed by atoms with Crippen LogP contribution in [0.3, 0.4) is 0 Å². The topological polar surface area (TPSA) is 89.7 Å². The fourth-order valence-electron chi connectivity index (χ4n) is 5.19. The van der Waals surface area contributed by atoms with Crippen LogP contribution in [0.25, 0.3) is 0 Å². The summed E-state index contributed by atoms with van der Waals surface area (Å²) in [5.41, 5.74) is -0.0828. The second-order valence-electron chi connectivity index (χ2n) is 9.70. The predicted molar refractivity (Wildman–Crippen MR) is 127 cm³/mol. The number of alkyl halides is 3. The summed E-state index contributed by atoms with van der Waals surface area (Å²) in [7, 11) is 0. The molecule has 0 atom stereocenters. The van der Waals surface area contributed by atoms with Crippen LogP contribution in [0.4, 0.5) is 18.9 Å². The standard InChI is InChI=1S/C26H27F3N6O/c27-26(28,29)23-12-22(3-2-20(23)13-30)33-24(36)25(7-1-8-25)35-17-21(15-32-35)19-5-10-34(11-6-19)16-18-4-9-31-14-18/h2-4,9,12,14-15,17,19,31H,1,5-8,10-11,16H2,(H,33,36). The molecule has 36 heavy (non-hydrogen) atoms. The molecule has 10 heteroatoms. The summed E-state index contributed by atoms with van der Waals surface area (Å²) in [5, 5.41) is 16.2. The Morgan fingerprint density at radius 1 is 1.25 bits per heavy atom. The maximum atomic E-state index is 13.3. The van der Waals surface area contributed by atoms with Gasteiger partial charge in [-0.1, -0.05) is 0 Å². The van der Waals surface area contributed by atoms with Crippen molar-refractivity contribution in [2.24, 2.45) is 0 Å². The van der Waals surface area contributed by atoms with Gasteiger partial charge in [0.25, 0.3) is 5.91 Å². The minimum absolute atomic E-state index is 0.0137. The van der Waals surface area contributed by atoms with Crippen LogP contribution in [0.15, 0.2) is 49.1 Å². The number of H-pyrrole nitrogens is 1. The number of nitrogens with zero attached hydrogens (tertiary/aromatic N) is 4. The lowest BCUT2D eigenvalue weighted by atomic mass is 9.76. The Bertz CT molecular complexity index is 1260. The Kier molecular flexibility index (Phi) is 6.35. The van der Waals surface area contributed by atoms with Gasteiger partial charge in [-0.25, -0.2) is 0 Å². The zero-order chi connectivity index (χ0) is 25.3. The molecule has 1 aliphatic heterocycles. The van der Waals surface area contributed by atoms with Crippen molar-refractivity contribution >= 4 is 11.6 Å². The predicted octanol–water partition coefficient (Wildman–Crippen LogP) is 5.00. The smallest absolute Gasteiger partial charge is 0.367 e. The van der Waals surface area contributed by atoms with Crippen molar-refractivity contribution in [2.75, 3.05) is 18.4 Å². The van der Waals surface area contributed by atoms with Crippen molar-refractivity contribution < 1.29 is 18.0 Å². The Labute approximate surface area is 206 Å². The lowest BCUT2D eigenvalue weighted by molar-refractivity contribution is -0.137. The van der Waals surface area contributed by atoms with E-state index in [0.717, 1.165) is 56.6 Å². The highest BCUT2D eigenvalue weighted by Crippen LogP contribution is 2.41. The van der Waals surface area contributed by atoms with Gasteiger partial charge in [0.2, 0.25) is 0 Å². The third-order valence-corrected chi connectivity index (χ3v) is 7.48. The molecule has 0 unspecified atom stereocenters. The summed E-state index contributed by atoms with van der Waals surface area (Å²) in [6, 6.07) is 6.87. The molecular weight excluding hydrogens is 469 g/mol. The normalized spacial score (nSPS) is 18.4. The van der Waals surface area contributed by atoms with Gasteiger partial charge in [-0.3, -0.25) is 14.4 Å². The van der Waals surface area contributed by atoms with Gasteiger partial charge >= 0.3 is 6.18 Å². The van der Waals surface area contributed by atoms with Crippen LogP contribution in [0.1, 0.15) is 60.3 Å². The minimum Gasteiger partial charge on any atom is -0.367 e. The van der Waals surface area contributed by atoms with E-state index in [2.05, 4.69) is 26.4 Å². The van der Waals surface area contributed by atoms with Crippen molar-refractivity contribution in [3.05, 3.63) is 71.3 Å². The number of nitrogens with one attached hydrogen (secondary N) is 2. The number of benzene rings is 1. The number of rotatable bonds is 6. The van der Waals surface area contributed by atoms with Crippen LogP contribution < -0.4 is 5.32 Å². The molecule has 5 rings (SSSR count). The molecule has 1 aliphatic carbocycles. The van der Waals surface area contributed by atoms with Gasteiger partial charge in [-0.15, -0.1) is 0 Å².